The fourth-order valence-corrected chi connectivity index (χ4v) is 3.62. The van der Waals surface area contributed by atoms with E-state index in [-0.39, 0.29) is 17.9 Å². The Morgan fingerprint density at radius 2 is 2.12 bits per heavy atom. The van der Waals surface area contributed by atoms with Crippen molar-refractivity contribution >= 4 is 23.4 Å². The molecule has 0 aliphatic carbocycles. The maximum atomic E-state index is 12.5. The van der Waals surface area contributed by atoms with Gasteiger partial charge in [-0.3, -0.25) is 4.79 Å². The van der Waals surface area contributed by atoms with Crippen LogP contribution in [0.3, 0.4) is 0 Å². The van der Waals surface area contributed by atoms with E-state index in [1.54, 1.807) is 6.33 Å². The number of nitrogens with zero attached hydrogens (tertiary/aromatic N) is 3. The largest absolute Gasteiger partial charge is 0.377 e. The molecule has 2 heterocycles. The molecule has 1 aliphatic rings. The van der Waals surface area contributed by atoms with Crippen molar-refractivity contribution in [3.8, 4) is 0 Å². The molecule has 0 saturated carbocycles. The Morgan fingerprint density at radius 3 is 2.75 bits per heavy atom. The summed E-state index contributed by atoms with van der Waals surface area (Å²) in [6.07, 6.45) is 2.47. The molecule has 1 aromatic heterocycles. The predicted molar refractivity (Wildman–Crippen MR) is 92.9 cm³/mol. The van der Waals surface area contributed by atoms with Gasteiger partial charge in [-0.15, -0.1) is 10.2 Å². The Morgan fingerprint density at radius 1 is 1.38 bits per heavy atom. The standard InChI is InChI=1S/C17H22N4O2S/c1-11(2)15-14(8-9-23-15)16(22)19-12-4-6-13(7-5-12)24-17-20-18-10-21(17)3/h4-7,10-11,14-15H,8-9H2,1-3H3,(H,19,22)/t14-,15-/m0/s1. The van der Waals surface area contributed by atoms with Gasteiger partial charge in [0.1, 0.15) is 6.33 Å². The molecule has 1 saturated heterocycles. The first kappa shape index (κ1) is 17.0. The number of hydrogen-bond acceptors (Lipinski definition) is 5. The van der Waals surface area contributed by atoms with Crippen molar-refractivity contribution in [1.82, 2.24) is 14.8 Å². The number of aromatic nitrogens is 3. The van der Waals surface area contributed by atoms with Crippen molar-refractivity contribution in [3.63, 3.8) is 0 Å². The molecule has 1 N–H and O–H groups in total. The number of nitrogens with one attached hydrogen (secondary N) is 1. The maximum absolute atomic E-state index is 12.5. The third-order valence-corrected chi connectivity index (χ3v) is 5.19. The van der Waals surface area contributed by atoms with E-state index in [1.807, 2.05) is 35.9 Å². The lowest BCUT2D eigenvalue weighted by Crippen LogP contribution is -2.32. The number of rotatable bonds is 5. The molecule has 6 nitrogen and oxygen atoms in total. The smallest absolute Gasteiger partial charge is 0.230 e. The summed E-state index contributed by atoms with van der Waals surface area (Å²) < 4.78 is 7.56. The number of anilines is 1. The van der Waals surface area contributed by atoms with Gasteiger partial charge >= 0.3 is 0 Å². The molecule has 0 bridgehead atoms. The Kier molecular flexibility index (Phi) is 5.20. The fraction of sp³-hybridized carbons (Fsp3) is 0.471. The second-order valence-corrected chi connectivity index (χ2v) is 7.36. The lowest BCUT2D eigenvalue weighted by molar-refractivity contribution is -0.122. The minimum Gasteiger partial charge on any atom is -0.377 e. The first-order valence-electron chi connectivity index (χ1n) is 8.09. The van der Waals surface area contributed by atoms with Crippen molar-refractivity contribution in [1.29, 1.82) is 0 Å². The second-order valence-electron chi connectivity index (χ2n) is 6.31. The number of aryl methyl sites for hydroxylation is 1. The molecule has 1 amide bonds. The third kappa shape index (κ3) is 3.79. The van der Waals surface area contributed by atoms with E-state index in [1.165, 1.54) is 11.8 Å². The average Bonchev–Trinajstić information content (AvgIpc) is 3.19. The highest BCUT2D eigenvalue weighted by Gasteiger charge is 2.35. The molecule has 1 fully saturated rings. The molecular formula is C17H22N4O2S. The zero-order chi connectivity index (χ0) is 17.1. The van der Waals surface area contributed by atoms with Gasteiger partial charge in [-0.2, -0.15) is 0 Å². The molecule has 2 aromatic rings. The van der Waals surface area contributed by atoms with Crippen LogP contribution in [0.15, 0.2) is 40.6 Å². The van der Waals surface area contributed by atoms with Crippen LogP contribution in [-0.4, -0.2) is 33.4 Å². The summed E-state index contributed by atoms with van der Waals surface area (Å²) >= 11 is 1.53. The number of carbonyl (C=O) groups excluding carboxylic acids is 1. The van der Waals surface area contributed by atoms with Gasteiger partial charge < -0.3 is 14.6 Å². The van der Waals surface area contributed by atoms with Crippen LogP contribution in [-0.2, 0) is 16.6 Å². The Bertz CT molecular complexity index is 699. The van der Waals surface area contributed by atoms with Crippen LogP contribution in [0.2, 0.25) is 0 Å². The van der Waals surface area contributed by atoms with E-state index in [2.05, 4.69) is 29.4 Å². The lowest BCUT2D eigenvalue weighted by atomic mass is 9.92. The average molecular weight is 346 g/mol. The van der Waals surface area contributed by atoms with E-state index in [0.717, 1.165) is 22.2 Å². The lowest BCUT2D eigenvalue weighted by Gasteiger charge is -2.21. The van der Waals surface area contributed by atoms with E-state index in [9.17, 15) is 4.79 Å². The topological polar surface area (TPSA) is 69.0 Å². The highest BCUT2D eigenvalue weighted by molar-refractivity contribution is 7.99. The highest BCUT2D eigenvalue weighted by Crippen LogP contribution is 2.29. The Hall–Kier alpha value is -1.86. The minimum absolute atomic E-state index is 0.00995. The van der Waals surface area contributed by atoms with Gasteiger partial charge in [0.05, 0.1) is 12.0 Å². The summed E-state index contributed by atoms with van der Waals surface area (Å²) in [4.78, 5) is 13.5. The van der Waals surface area contributed by atoms with Gasteiger partial charge in [0.2, 0.25) is 5.91 Å². The van der Waals surface area contributed by atoms with Crippen molar-refractivity contribution in [2.45, 2.75) is 36.4 Å². The molecule has 0 spiro atoms. The normalized spacial score (nSPS) is 20.5. The van der Waals surface area contributed by atoms with Crippen molar-refractivity contribution in [2.24, 2.45) is 18.9 Å². The first-order chi connectivity index (χ1) is 11.5. The number of hydrogen-bond donors (Lipinski definition) is 1. The predicted octanol–water partition coefficient (Wildman–Crippen LogP) is 2.97. The number of ether oxygens (including phenoxy) is 1. The van der Waals surface area contributed by atoms with Crippen molar-refractivity contribution in [2.75, 3.05) is 11.9 Å². The molecule has 1 aliphatic heterocycles. The second kappa shape index (κ2) is 7.36. The SMILES string of the molecule is CC(C)[C@@H]1OCC[C@@H]1C(=O)Nc1ccc(Sc2nncn2C)cc1. The summed E-state index contributed by atoms with van der Waals surface area (Å²) in [6.45, 7) is 4.84. The molecule has 0 unspecified atom stereocenters. The molecule has 2 atom stereocenters. The number of amides is 1. The van der Waals surface area contributed by atoms with Crippen molar-refractivity contribution in [3.05, 3.63) is 30.6 Å². The summed E-state index contributed by atoms with van der Waals surface area (Å²) in [5.41, 5.74) is 0.803. The highest BCUT2D eigenvalue weighted by atomic mass is 32.2. The van der Waals surface area contributed by atoms with Crippen molar-refractivity contribution < 1.29 is 9.53 Å². The van der Waals surface area contributed by atoms with E-state index in [4.69, 9.17) is 4.74 Å². The fourth-order valence-electron chi connectivity index (χ4n) is 2.86. The Labute approximate surface area is 146 Å². The van der Waals surface area contributed by atoms with Gasteiger partial charge in [0.15, 0.2) is 5.16 Å². The molecular weight excluding hydrogens is 324 g/mol. The van der Waals surface area contributed by atoms with E-state index >= 15 is 0 Å². The van der Waals surface area contributed by atoms with Crippen LogP contribution >= 0.6 is 11.8 Å². The summed E-state index contributed by atoms with van der Waals surface area (Å²) in [6, 6.07) is 7.77. The molecule has 3 rings (SSSR count). The monoisotopic (exact) mass is 346 g/mol. The first-order valence-corrected chi connectivity index (χ1v) is 8.90. The molecule has 24 heavy (non-hydrogen) atoms. The maximum Gasteiger partial charge on any atom is 0.230 e. The quantitative estimate of drug-likeness (QED) is 0.901. The molecule has 128 valence electrons. The summed E-state index contributed by atoms with van der Waals surface area (Å²) in [5.74, 6) is 0.311. The number of carbonyl (C=O) groups is 1. The van der Waals surface area contributed by atoms with Crippen LogP contribution < -0.4 is 5.32 Å². The van der Waals surface area contributed by atoms with Gasteiger partial charge in [-0.25, -0.2) is 0 Å². The van der Waals surface area contributed by atoms with E-state index < -0.39 is 0 Å². The van der Waals surface area contributed by atoms with Gasteiger partial charge in [-0.05, 0) is 48.4 Å². The summed E-state index contributed by atoms with van der Waals surface area (Å²) in [5, 5.41) is 11.7. The molecule has 0 radical (unpaired) electrons. The van der Waals surface area contributed by atoms with E-state index in [0.29, 0.717) is 12.5 Å². The zero-order valence-corrected chi connectivity index (χ0v) is 14.9. The van der Waals surface area contributed by atoms with Gasteiger partial charge in [0, 0.05) is 24.2 Å². The van der Waals surface area contributed by atoms with Crippen LogP contribution in [0.4, 0.5) is 5.69 Å². The molecule has 7 heteroatoms. The van der Waals surface area contributed by atoms with Crippen LogP contribution in [0, 0.1) is 11.8 Å². The zero-order valence-electron chi connectivity index (χ0n) is 14.1. The Balaban J connectivity index is 1.62. The summed E-state index contributed by atoms with van der Waals surface area (Å²) in [7, 11) is 1.91. The minimum atomic E-state index is -0.0716. The van der Waals surface area contributed by atoms with Gasteiger partial charge in [-0.1, -0.05) is 13.8 Å². The number of benzene rings is 1. The van der Waals surface area contributed by atoms with Crippen LogP contribution in [0.1, 0.15) is 20.3 Å². The van der Waals surface area contributed by atoms with Gasteiger partial charge in [0.25, 0.3) is 0 Å². The third-order valence-electron chi connectivity index (χ3n) is 4.13. The molecule has 1 aromatic carbocycles. The van der Waals surface area contributed by atoms with Crippen LogP contribution in [0.5, 0.6) is 0 Å². The van der Waals surface area contributed by atoms with Crippen LogP contribution in [0.25, 0.3) is 0 Å².